The first-order chi connectivity index (χ1) is 5.89. The molecule has 62 valence electrons. The third-order valence-electron chi connectivity index (χ3n) is 0.987. The maximum atomic E-state index is 10.1. The van der Waals surface area contributed by atoms with Gasteiger partial charge < -0.3 is 9.97 Å². The molecule has 0 saturated heterocycles. The summed E-state index contributed by atoms with van der Waals surface area (Å²) in [5, 5.41) is 0. The Morgan fingerprint density at radius 1 is 1.25 bits per heavy atom. The summed E-state index contributed by atoms with van der Waals surface area (Å²) in [6.07, 6.45) is 8.06. The number of nitrogens with one attached hydrogen (secondary N) is 2. The fourth-order valence-corrected chi connectivity index (χ4v) is 0.526. The van der Waals surface area contributed by atoms with Crippen LogP contribution in [-0.4, -0.2) is 19.9 Å². The molecular formula is C7H8N4O. The number of nitrogens with zero attached hydrogens (tertiary/aromatic N) is 2. The van der Waals surface area contributed by atoms with Crippen molar-refractivity contribution < 1.29 is 0 Å². The Bertz CT molecular complexity index is 306. The second-order valence-electron chi connectivity index (χ2n) is 1.85. The highest BCUT2D eigenvalue weighted by molar-refractivity contribution is 4.75. The minimum atomic E-state index is -0.303. The molecule has 0 unspecified atom stereocenters. The van der Waals surface area contributed by atoms with Crippen LogP contribution >= 0.6 is 0 Å². The Morgan fingerprint density at radius 3 is 2.42 bits per heavy atom. The van der Waals surface area contributed by atoms with Crippen LogP contribution in [0.3, 0.4) is 0 Å². The molecule has 2 rings (SSSR count). The zero-order valence-corrected chi connectivity index (χ0v) is 6.27. The maximum absolute atomic E-state index is 10.1. The summed E-state index contributed by atoms with van der Waals surface area (Å²) in [5.74, 6) is 0. The van der Waals surface area contributed by atoms with E-state index in [4.69, 9.17) is 0 Å². The van der Waals surface area contributed by atoms with Crippen LogP contribution in [0.5, 0.6) is 0 Å². The second-order valence-corrected chi connectivity index (χ2v) is 1.85. The van der Waals surface area contributed by atoms with Gasteiger partial charge >= 0.3 is 5.69 Å². The van der Waals surface area contributed by atoms with Crippen molar-refractivity contribution in [2.75, 3.05) is 0 Å². The predicted molar refractivity (Wildman–Crippen MR) is 43.4 cm³/mol. The molecule has 0 aliphatic rings. The van der Waals surface area contributed by atoms with Crippen molar-refractivity contribution in [3.05, 3.63) is 47.7 Å². The van der Waals surface area contributed by atoms with Crippen molar-refractivity contribution in [1.29, 1.82) is 0 Å². The van der Waals surface area contributed by atoms with E-state index in [0.29, 0.717) is 0 Å². The first-order valence-electron chi connectivity index (χ1n) is 3.32. The lowest BCUT2D eigenvalue weighted by molar-refractivity contribution is 1.08. The van der Waals surface area contributed by atoms with Crippen LogP contribution in [0, 0.1) is 0 Å². The topological polar surface area (TPSA) is 74.4 Å². The third-order valence-corrected chi connectivity index (χ3v) is 0.987. The number of rotatable bonds is 0. The van der Waals surface area contributed by atoms with E-state index in [1.54, 1.807) is 24.8 Å². The van der Waals surface area contributed by atoms with Crippen LogP contribution in [0.1, 0.15) is 0 Å². The highest BCUT2D eigenvalue weighted by atomic mass is 16.1. The molecule has 2 aromatic rings. The van der Waals surface area contributed by atoms with Gasteiger partial charge in [0.05, 0.1) is 6.33 Å². The summed E-state index contributed by atoms with van der Waals surface area (Å²) >= 11 is 0. The smallest absolute Gasteiger partial charge is 0.344 e. The molecule has 0 amide bonds. The summed E-state index contributed by atoms with van der Waals surface area (Å²) in [6, 6.07) is 1.65. The molecule has 5 heteroatoms. The number of aromatic amines is 2. The van der Waals surface area contributed by atoms with E-state index < -0.39 is 0 Å². The van der Waals surface area contributed by atoms with Crippen molar-refractivity contribution in [3.63, 3.8) is 0 Å². The lowest BCUT2D eigenvalue weighted by Gasteiger charge is -1.72. The highest BCUT2D eigenvalue weighted by Crippen LogP contribution is 1.62. The van der Waals surface area contributed by atoms with Gasteiger partial charge in [0.1, 0.15) is 0 Å². The van der Waals surface area contributed by atoms with Gasteiger partial charge in [0.15, 0.2) is 0 Å². The minimum Gasteiger partial charge on any atom is -0.351 e. The maximum Gasteiger partial charge on any atom is 0.344 e. The Morgan fingerprint density at radius 2 is 2.17 bits per heavy atom. The molecule has 0 aromatic carbocycles. The average Bonchev–Trinajstić information content (AvgIpc) is 2.62. The monoisotopic (exact) mass is 164 g/mol. The van der Waals surface area contributed by atoms with Gasteiger partial charge in [0.25, 0.3) is 0 Å². The Balaban J connectivity index is 0.000000127. The lowest BCUT2D eigenvalue weighted by Crippen LogP contribution is -2.05. The Hall–Kier alpha value is -1.91. The summed E-state index contributed by atoms with van der Waals surface area (Å²) in [6.45, 7) is 0. The van der Waals surface area contributed by atoms with Gasteiger partial charge in [0, 0.05) is 24.8 Å². The summed E-state index contributed by atoms with van der Waals surface area (Å²) in [4.78, 5) is 22.3. The molecule has 0 atom stereocenters. The van der Waals surface area contributed by atoms with E-state index in [0.717, 1.165) is 0 Å². The molecule has 0 bridgehead atoms. The number of H-pyrrole nitrogens is 2. The Labute approximate surface area is 68.5 Å². The van der Waals surface area contributed by atoms with E-state index >= 15 is 0 Å². The van der Waals surface area contributed by atoms with E-state index in [2.05, 4.69) is 19.9 Å². The molecule has 2 aromatic heterocycles. The van der Waals surface area contributed by atoms with E-state index in [9.17, 15) is 4.79 Å². The molecule has 0 aliphatic carbocycles. The molecule has 0 spiro atoms. The van der Waals surface area contributed by atoms with Gasteiger partial charge in [-0.2, -0.15) is 0 Å². The molecule has 0 aliphatic heterocycles. The van der Waals surface area contributed by atoms with Crippen molar-refractivity contribution in [3.8, 4) is 0 Å². The standard InChI is InChI=1S/C4H4N2O.C3H4N2/c7-4-5-2-1-3-6-4;1-2-5-3-4-1/h1-3H,(H,5,6,7);1-3H,(H,4,5). The summed E-state index contributed by atoms with van der Waals surface area (Å²) in [7, 11) is 0. The second kappa shape index (κ2) is 4.84. The van der Waals surface area contributed by atoms with E-state index in [-0.39, 0.29) is 5.69 Å². The Kier molecular flexibility index (Phi) is 3.30. The van der Waals surface area contributed by atoms with Gasteiger partial charge in [0.2, 0.25) is 0 Å². The molecule has 2 N–H and O–H groups in total. The van der Waals surface area contributed by atoms with Crippen molar-refractivity contribution in [2.45, 2.75) is 0 Å². The lowest BCUT2D eigenvalue weighted by atomic mass is 10.7. The fraction of sp³-hybridized carbons (Fsp3) is 0. The van der Waals surface area contributed by atoms with Gasteiger partial charge in [-0.1, -0.05) is 0 Å². The zero-order chi connectivity index (χ0) is 8.65. The molecule has 0 fully saturated rings. The van der Waals surface area contributed by atoms with Crippen LogP contribution in [0.4, 0.5) is 0 Å². The van der Waals surface area contributed by atoms with Crippen molar-refractivity contribution in [2.24, 2.45) is 0 Å². The zero-order valence-electron chi connectivity index (χ0n) is 6.27. The summed E-state index contributed by atoms with van der Waals surface area (Å²) < 4.78 is 0. The van der Waals surface area contributed by atoms with Crippen LogP contribution in [0.25, 0.3) is 0 Å². The van der Waals surface area contributed by atoms with Crippen LogP contribution < -0.4 is 5.69 Å². The largest absolute Gasteiger partial charge is 0.351 e. The molecular weight excluding hydrogens is 156 g/mol. The van der Waals surface area contributed by atoms with E-state index in [1.165, 1.54) is 12.4 Å². The first kappa shape index (κ1) is 8.19. The predicted octanol–water partition coefficient (Wildman–Crippen LogP) is 0.180. The van der Waals surface area contributed by atoms with Crippen LogP contribution in [0.2, 0.25) is 0 Å². The molecule has 12 heavy (non-hydrogen) atoms. The van der Waals surface area contributed by atoms with Gasteiger partial charge in [-0.15, -0.1) is 0 Å². The van der Waals surface area contributed by atoms with Crippen molar-refractivity contribution in [1.82, 2.24) is 19.9 Å². The van der Waals surface area contributed by atoms with Crippen LogP contribution in [0.15, 0.2) is 42.0 Å². The molecule has 2 heterocycles. The number of hydrogen-bond donors (Lipinski definition) is 2. The van der Waals surface area contributed by atoms with E-state index in [1.807, 2.05) is 0 Å². The first-order valence-corrected chi connectivity index (χ1v) is 3.32. The van der Waals surface area contributed by atoms with Crippen molar-refractivity contribution >= 4 is 0 Å². The highest BCUT2D eigenvalue weighted by Gasteiger charge is 1.70. The fourth-order valence-electron chi connectivity index (χ4n) is 0.526. The van der Waals surface area contributed by atoms with Gasteiger partial charge in [-0.05, 0) is 6.07 Å². The SMILES string of the molecule is O=c1nccc[nH]1.c1c[nH]cn1. The quantitative estimate of drug-likeness (QED) is 0.583. The number of hydrogen-bond acceptors (Lipinski definition) is 3. The number of imidazole rings is 1. The molecule has 0 saturated carbocycles. The third kappa shape index (κ3) is 3.31. The molecule has 0 radical (unpaired) electrons. The van der Waals surface area contributed by atoms with Gasteiger partial charge in [-0.3, -0.25) is 0 Å². The normalized spacial score (nSPS) is 8.33. The van der Waals surface area contributed by atoms with Gasteiger partial charge in [-0.25, -0.2) is 14.8 Å². The number of aromatic nitrogens is 4. The average molecular weight is 164 g/mol. The summed E-state index contributed by atoms with van der Waals surface area (Å²) in [5.41, 5.74) is -0.303. The molecule has 5 nitrogen and oxygen atoms in total. The minimum absolute atomic E-state index is 0.303. The van der Waals surface area contributed by atoms with Crippen LogP contribution in [-0.2, 0) is 0 Å².